The summed E-state index contributed by atoms with van der Waals surface area (Å²) in [6.07, 6.45) is 1.95. The van der Waals surface area contributed by atoms with Crippen LogP contribution in [0, 0.1) is 11.3 Å². The van der Waals surface area contributed by atoms with Gasteiger partial charge in [-0.1, -0.05) is 12.1 Å². The van der Waals surface area contributed by atoms with E-state index in [1.165, 1.54) is 0 Å². The highest BCUT2D eigenvalue weighted by molar-refractivity contribution is 5.82. The van der Waals surface area contributed by atoms with Gasteiger partial charge in [0.25, 0.3) is 0 Å². The molecule has 1 aliphatic rings. The van der Waals surface area contributed by atoms with Crippen LogP contribution in [0.15, 0.2) is 24.3 Å². The molecule has 1 saturated heterocycles. The average molecular weight is 243 g/mol. The molecule has 0 spiro atoms. The Kier molecular flexibility index (Phi) is 3.96. The van der Waals surface area contributed by atoms with Gasteiger partial charge in [-0.25, -0.2) is 0 Å². The Balaban J connectivity index is 2.04. The number of likely N-dealkylation sites (N-methyl/N-ethyl adjacent to an activating group) is 1. The monoisotopic (exact) mass is 243 g/mol. The van der Waals surface area contributed by atoms with E-state index in [4.69, 9.17) is 5.26 Å². The van der Waals surface area contributed by atoms with Crippen molar-refractivity contribution in [3.63, 3.8) is 0 Å². The van der Waals surface area contributed by atoms with Crippen LogP contribution >= 0.6 is 0 Å². The maximum Gasteiger partial charge on any atom is 0.239 e. The third kappa shape index (κ3) is 2.69. The zero-order valence-corrected chi connectivity index (χ0v) is 10.5. The first-order chi connectivity index (χ1) is 8.74. The molecule has 1 aromatic carbocycles. The molecule has 1 unspecified atom stereocenters. The van der Waals surface area contributed by atoms with Crippen molar-refractivity contribution in [1.82, 2.24) is 10.2 Å². The molecule has 0 aromatic heterocycles. The van der Waals surface area contributed by atoms with Crippen molar-refractivity contribution in [2.45, 2.75) is 25.4 Å². The van der Waals surface area contributed by atoms with E-state index in [1.54, 1.807) is 12.1 Å². The molecule has 1 N–H and O–H groups in total. The molecule has 0 bridgehead atoms. The van der Waals surface area contributed by atoms with Crippen LogP contribution in [0.2, 0.25) is 0 Å². The summed E-state index contributed by atoms with van der Waals surface area (Å²) in [5, 5.41) is 11.8. The summed E-state index contributed by atoms with van der Waals surface area (Å²) in [4.78, 5) is 14.0. The molecular weight excluding hydrogens is 226 g/mol. The molecule has 1 fully saturated rings. The molecular formula is C14H17N3O. The number of likely N-dealkylation sites (tertiary alicyclic amines) is 1. The zero-order chi connectivity index (χ0) is 13.0. The van der Waals surface area contributed by atoms with E-state index >= 15 is 0 Å². The van der Waals surface area contributed by atoms with E-state index < -0.39 is 0 Å². The molecule has 1 heterocycles. The first-order valence-corrected chi connectivity index (χ1v) is 6.19. The minimum atomic E-state index is -0.0443. The molecule has 2 rings (SSSR count). The fraction of sp³-hybridized carbons (Fsp3) is 0.429. The van der Waals surface area contributed by atoms with Gasteiger partial charge >= 0.3 is 0 Å². The Bertz CT molecular complexity index is 461. The number of benzene rings is 1. The van der Waals surface area contributed by atoms with Gasteiger partial charge in [0.2, 0.25) is 5.91 Å². The molecule has 0 saturated carbocycles. The highest BCUT2D eigenvalue weighted by Gasteiger charge is 2.27. The quantitative estimate of drug-likeness (QED) is 0.869. The summed E-state index contributed by atoms with van der Waals surface area (Å²) in [7, 11) is 1.83. The zero-order valence-electron chi connectivity index (χ0n) is 10.5. The maximum absolute atomic E-state index is 12.1. The van der Waals surface area contributed by atoms with Crippen LogP contribution in [0.3, 0.4) is 0 Å². The number of piperidine rings is 1. The molecule has 94 valence electrons. The van der Waals surface area contributed by atoms with Crippen LogP contribution in [0.4, 0.5) is 0 Å². The number of nitrogens with one attached hydrogen (secondary N) is 1. The lowest BCUT2D eigenvalue weighted by Gasteiger charge is -2.32. The van der Waals surface area contributed by atoms with Gasteiger partial charge in [-0.15, -0.1) is 0 Å². The van der Waals surface area contributed by atoms with Crippen molar-refractivity contribution in [1.29, 1.82) is 5.26 Å². The van der Waals surface area contributed by atoms with Crippen molar-refractivity contribution in [3.05, 3.63) is 35.4 Å². The lowest BCUT2D eigenvalue weighted by Crippen LogP contribution is -2.49. The Morgan fingerprint density at radius 1 is 1.44 bits per heavy atom. The predicted octanol–water partition coefficient (Wildman–Crippen LogP) is 1.27. The summed E-state index contributed by atoms with van der Waals surface area (Å²) in [5.74, 6) is 0.174. The Hall–Kier alpha value is -1.86. The summed E-state index contributed by atoms with van der Waals surface area (Å²) >= 11 is 0. The van der Waals surface area contributed by atoms with Crippen LogP contribution in [0.5, 0.6) is 0 Å². The van der Waals surface area contributed by atoms with E-state index in [2.05, 4.69) is 11.4 Å². The molecule has 1 amide bonds. The van der Waals surface area contributed by atoms with E-state index in [0.717, 1.165) is 24.9 Å². The number of hydrogen-bond acceptors (Lipinski definition) is 3. The lowest BCUT2D eigenvalue weighted by atomic mass is 10.0. The number of nitriles is 1. The largest absolute Gasteiger partial charge is 0.337 e. The summed E-state index contributed by atoms with van der Waals surface area (Å²) in [5.41, 5.74) is 1.72. The Morgan fingerprint density at radius 2 is 2.17 bits per heavy atom. The summed E-state index contributed by atoms with van der Waals surface area (Å²) in [6.45, 7) is 1.44. The second kappa shape index (κ2) is 5.65. The predicted molar refractivity (Wildman–Crippen MR) is 68.7 cm³/mol. The second-order valence-corrected chi connectivity index (χ2v) is 4.55. The van der Waals surface area contributed by atoms with E-state index in [1.807, 2.05) is 24.1 Å². The Morgan fingerprint density at radius 3 is 2.78 bits per heavy atom. The molecule has 18 heavy (non-hydrogen) atoms. The normalized spacial score (nSPS) is 19.7. The van der Waals surface area contributed by atoms with Crippen molar-refractivity contribution < 1.29 is 4.79 Å². The van der Waals surface area contributed by atoms with E-state index in [0.29, 0.717) is 12.1 Å². The number of amides is 1. The lowest BCUT2D eigenvalue weighted by molar-refractivity contribution is -0.136. The van der Waals surface area contributed by atoms with Gasteiger partial charge in [0.05, 0.1) is 17.7 Å². The van der Waals surface area contributed by atoms with Gasteiger partial charge in [0.15, 0.2) is 0 Å². The topological polar surface area (TPSA) is 56.1 Å². The van der Waals surface area contributed by atoms with Crippen molar-refractivity contribution in [2.75, 3.05) is 13.6 Å². The molecule has 1 atom stereocenters. The smallest absolute Gasteiger partial charge is 0.239 e. The molecule has 1 aliphatic heterocycles. The number of carbonyl (C=O) groups is 1. The number of carbonyl (C=O) groups excluding carboxylic acids is 1. The van der Waals surface area contributed by atoms with Gasteiger partial charge in [0, 0.05) is 13.1 Å². The van der Waals surface area contributed by atoms with Crippen LogP contribution in [0.1, 0.15) is 24.0 Å². The highest BCUT2D eigenvalue weighted by atomic mass is 16.2. The van der Waals surface area contributed by atoms with Crippen LogP contribution in [-0.2, 0) is 11.3 Å². The standard InChI is InChI=1S/C14H17N3O/c1-16-13-3-2-8-17(14(13)18)10-12-6-4-11(9-15)5-7-12/h4-7,13,16H,2-3,8,10H2,1H3. The Labute approximate surface area is 107 Å². The third-order valence-corrected chi connectivity index (χ3v) is 3.34. The molecule has 0 aliphatic carbocycles. The minimum absolute atomic E-state index is 0.0443. The van der Waals surface area contributed by atoms with Crippen molar-refractivity contribution in [3.8, 4) is 6.07 Å². The van der Waals surface area contributed by atoms with Crippen LogP contribution < -0.4 is 5.32 Å². The fourth-order valence-corrected chi connectivity index (χ4v) is 2.27. The highest BCUT2D eigenvalue weighted by Crippen LogP contribution is 2.15. The number of hydrogen-bond donors (Lipinski definition) is 1. The first kappa shape index (κ1) is 12.6. The van der Waals surface area contributed by atoms with E-state index in [9.17, 15) is 4.79 Å². The first-order valence-electron chi connectivity index (χ1n) is 6.19. The number of rotatable bonds is 3. The summed E-state index contributed by atoms with van der Waals surface area (Å²) < 4.78 is 0. The van der Waals surface area contributed by atoms with E-state index in [-0.39, 0.29) is 11.9 Å². The van der Waals surface area contributed by atoms with Gasteiger partial charge in [-0.2, -0.15) is 5.26 Å². The number of nitrogens with zero attached hydrogens (tertiary/aromatic N) is 2. The van der Waals surface area contributed by atoms with Gasteiger partial charge in [-0.05, 0) is 37.6 Å². The average Bonchev–Trinajstić information content (AvgIpc) is 2.42. The molecule has 1 aromatic rings. The molecule has 4 heteroatoms. The van der Waals surface area contributed by atoms with Crippen molar-refractivity contribution >= 4 is 5.91 Å². The fourth-order valence-electron chi connectivity index (χ4n) is 2.27. The summed E-state index contributed by atoms with van der Waals surface area (Å²) in [6, 6.07) is 9.45. The minimum Gasteiger partial charge on any atom is -0.337 e. The third-order valence-electron chi connectivity index (χ3n) is 3.34. The SMILES string of the molecule is CNC1CCCN(Cc2ccc(C#N)cc2)C1=O. The van der Waals surface area contributed by atoms with Gasteiger partial charge in [-0.3, -0.25) is 4.79 Å². The van der Waals surface area contributed by atoms with Crippen LogP contribution in [0.25, 0.3) is 0 Å². The maximum atomic E-state index is 12.1. The second-order valence-electron chi connectivity index (χ2n) is 4.55. The molecule has 0 radical (unpaired) electrons. The molecule has 4 nitrogen and oxygen atoms in total. The van der Waals surface area contributed by atoms with Crippen molar-refractivity contribution in [2.24, 2.45) is 0 Å². The van der Waals surface area contributed by atoms with Gasteiger partial charge < -0.3 is 10.2 Å². The van der Waals surface area contributed by atoms with Crippen LogP contribution in [-0.4, -0.2) is 30.4 Å². The van der Waals surface area contributed by atoms with Gasteiger partial charge in [0.1, 0.15) is 0 Å².